The fourth-order valence-electron chi connectivity index (χ4n) is 2.69. The molecule has 0 fully saturated rings. The molecular formula is C23H30N2O5S. The minimum absolute atomic E-state index is 0.116. The van der Waals surface area contributed by atoms with E-state index in [1.165, 1.54) is 32.3 Å². The standard InChI is InChI=1S/C23H30N2O5S/c1-6-7-14-30-21-12-9-18(15-22(21)29-5)10-13-23(26)24-20-16-19(11-8-17(20)2)31(27,28)25(3)4/h8-13,15-16H,6-7,14H2,1-5H3,(H,24,26)/b13-10+. The number of rotatable bonds is 10. The Balaban J connectivity index is 2.14. The average Bonchev–Trinajstić information content (AvgIpc) is 2.74. The molecule has 168 valence electrons. The Morgan fingerprint density at radius 3 is 2.52 bits per heavy atom. The highest BCUT2D eigenvalue weighted by atomic mass is 32.2. The third kappa shape index (κ3) is 6.57. The van der Waals surface area contributed by atoms with E-state index in [1.807, 2.05) is 12.1 Å². The van der Waals surface area contributed by atoms with E-state index in [0.29, 0.717) is 23.8 Å². The quantitative estimate of drug-likeness (QED) is 0.439. The fourth-order valence-corrected chi connectivity index (χ4v) is 3.62. The second-order valence-corrected chi connectivity index (χ2v) is 9.35. The maximum absolute atomic E-state index is 12.4. The monoisotopic (exact) mass is 446 g/mol. The molecule has 2 aromatic carbocycles. The summed E-state index contributed by atoms with van der Waals surface area (Å²) in [6.07, 6.45) is 5.05. The fraction of sp³-hybridized carbons (Fsp3) is 0.348. The van der Waals surface area contributed by atoms with E-state index in [0.717, 1.165) is 28.3 Å². The molecule has 1 N–H and O–H groups in total. The van der Waals surface area contributed by atoms with Crippen LogP contribution in [0, 0.1) is 6.92 Å². The van der Waals surface area contributed by atoms with Gasteiger partial charge in [-0.15, -0.1) is 0 Å². The van der Waals surface area contributed by atoms with Crippen LogP contribution in [0.25, 0.3) is 6.08 Å². The largest absolute Gasteiger partial charge is 0.493 e. The molecule has 0 aliphatic rings. The third-order valence-corrected chi connectivity index (χ3v) is 6.43. The minimum Gasteiger partial charge on any atom is -0.493 e. The smallest absolute Gasteiger partial charge is 0.248 e. The molecule has 0 aromatic heterocycles. The Morgan fingerprint density at radius 2 is 1.87 bits per heavy atom. The Hall–Kier alpha value is -2.84. The van der Waals surface area contributed by atoms with E-state index in [9.17, 15) is 13.2 Å². The summed E-state index contributed by atoms with van der Waals surface area (Å²) in [7, 11) is 0.906. The van der Waals surface area contributed by atoms with Crippen molar-refractivity contribution in [1.29, 1.82) is 0 Å². The van der Waals surface area contributed by atoms with Gasteiger partial charge in [0.1, 0.15) is 0 Å². The number of nitrogens with zero attached hydrogens (tertiary/aromatic N) is 1. The second kappa shape index (κ2) is 11.0. The number of methoxy groups -OCH3 is 1. The molecule has 8 heteroatoms. The number of nitrogens with one attached hydrogen (secondary N) is 1. The van der Waals surface area contributed by atoms with Gasteiger partial charge in [0.15, 0.2) is 11.5 Å². The molecule has 0 saturated heterocycles. The molecule has 2 aromatic rings. The molecule has 0 atom stereocenters. The number of sulfonamides is 1. The Labute approximate surface area is 184 Å². The zero-order valence-corrected chi connectivity index (χ0v) is 19.5. The Kier molecular flexibility index (Phi) is 8.65. The first-order valence-electron chi connectivity index (χ1n) is 10.0. The number of ether oxygens (including phenoxy) is 2. The van der Waals surface area contributed by atoms with E-state index >= 15 is 0 Å². The molecule has 0 spiro atoms. The Morgan fingerprint density at radius 1 is 1.13 bits per heavy atom. The second-order valence-electron chi connectivity index (χ2n) is 7.20. The molecule has 2 rings (SSSR count). The van der Waals surface area contributed by atoms with Gasteiger partial charge in [0.25, 0.3) is 0 Å². The van der Waals surface area contributed by atoms with Gasteiger partial charge in [-0.1, -0.05) is 25.5 Å². The van der Waals surface area contributed by atoms with Gasteiger partial charge in [-0.3, -0.25) is 4.79 Å². The van der Waals surface area contributed by atoms with Gasteiger partial charge in [-0.2, -0.15) is 0 Å². The van der Waals surface area contributed by atoms with Crippen LogP contribution in [0.4, 0.5) is 5.69 Å². The molecule has 0 aliphatic heterocycles. The van der Waals surface area contributed by atoms with Crippen LogP contribution in [0.3, 0.4) is 0 Å². The lowest BCUT2D eigenvalue weighted by molar-refractivity contribution is -0.111. The molecule has 0 radical (unpaired) electrons. The number of benzene rings is 2. The minimum atomic E-state index is -3.59. The van der Waals surface area contributed by atoms with E-state index < -0.39 is 10.0 Å². The molecule has 0 aliphatic carbocycles. The number of hydrogen-bond acceptors (Lipinski definition) is 5. The summed E-state index contributed by atoms with van der Waals surface area (Å²) >= 11 is 0. The number of aryl methyl sites for hydroxylation is 1. The van der Waals surface area contributed by atoms with E-state index in [-0.39, 0.29) is 10.8 Å². The summed E-state index contributed by atoms with van der Waals surface area (Å²) in [6, 6.07) is 10.1. The first-order chi connectivity index (χ1) is 14.7. The molecule has 0 unspecified atom stereocenters. The van der Waals surface area contributed by atoms with Crippen LogP contribution in [0.2, 0.25) is 0 Å². The maximum atomic E-state index is 12.4. The zero-order chi connectivity index (χ0) is 23.0. The van der Waals surface area contributed by atoms with Gasteiger partial charge < -0.3 is 14.8 Å². The first kappa shape index (κ1) is 24.4. The topological polar surface area (TPSA) is 84.9 Å². The van der Waals surface area contributed by atoms with E-state index in [1.54, 1.807) is 32.2 Å². The average molecular weight is 447 g/mol. The van der Waals surface area contributed by atoms with Crippen LogP contribution < -0.4 is 14.8 Å². The van der Waals surface area contributed by atoms with Crippen molar-refractivity contribution >= 4 is 27.7 Å². The van der Waals surface area contributed by atoms with E-state index in [4.69, 9.17) is 9.47 Å². The maximum Gasteiger partial charge on any atom is 0.248 e. The summed E-state index contributed by atoms with van der Waals surface area (Å²) in [6.45, 7) is 4.51. The summed E-state index contributed by atoms with van der Waals surface area (Å²) in [4.78, 5) is 12.5. The van der Waals surface area contributed by atoms with Crippen molar-refractivity contribution in [2.45, 2.75) is 31.6 Å². The molecule has 0 heterocycles. The van der Waals surface area contributed by atoms with Gasteiger partial charge in [-0.25, -0.2) is 12.7 Å². The molecule has 1 amide bonds. The van der Waals surface area contributed by atoms with Crippen LogP contribution in [0.15, 0.2) is 47.4 Å². The van der Waals surface area contributed by atoms with Gasteiger partial charge in [0, 0.05) is 25.9 Å². The SMILES string of the molecule is CCCCOc1ccc(/C=C/C(=O)Nc2cc(S(=O)(=O)N(C)C)ccc2C)cc1OC. The van der Waals surface area contributed by atoms with Crippen LogP contribution >= 0.6 is 0 Å². The van der Waals surface area contributed by atoms with Crippen molar-refractivity contribution in [1.82, 2.24) is 4.31 Å². The highest BCUT2D eigenvalue weighted by Gasteiger charge is 2.18. The van der Waals surface area contributed by atoms with Crippen LogP contribution in [-0.4, -0.2) is 46.4 Å². The third-order valence-electron chi connectivity index (χ3n) is 4.62. The van der Waals surface area contributed by atoms with Crippen LogP contribution in [0.1, 0.15) is 30.9 Å². The molecule has 31 heavy (non-hydrogen) atoms. The van der Waals surface area contributed by atoms with Crippen LogP contribution in [0.5, 0.6) is 11.5 Å². The van der Waals surface area contributed by atoms with Crippen molar-refractivity contribution in [3.63, 3.8) is 0 Å². The van der Waals surface area contributed by atoms with Crippen molar-refractivity contribution in [2.24, 2.45) is 0 Å². The normalized spacial score (nSPS) is 11.7. The van der Waals surface area contributed by atoms with Crippen molar-refractivity contribution in [3.8, 4) is 11.5 Å². The zero-order valence-electron chi connectivity index (χ0n) is 18.6. The lowest BCUT2D eigenvalue weighted by atomic mass is 10.1. The highest BCUT2D eigenvalue weighted by molar-refractivity contribution is 7.89. The molecular weight excluding hydrogens is 416 g/mol. The summed E-state index contributed by atoms with van der Waals surface area (Å²) in [5.41, 5.74) is 1.97. The highest BCUT2D eigenvalue weighted by Crippen LogP contribution is 2.29. The summed E-state index contributed by atoms with van der Waals surface area (Å²) < 4.78 is 36.9. The van der Waals surface area contributed by atoms with Crippen molar-refractivity contribution in [2.75, 3.05) is 33.1 Å². The number of anilines is 1. The number of amides is 1. The predicted octanol–water partition coefficient (Wildman–Crippen LogP) is 4.08. The van der Waals surface area contributed by atoms with Gasteiger partial charge in [0.2, 0.25) is 15.9 Å². The molecule has 0 bridgehead atoms. The predicted molar refractivity (Wildman–Crippen MR) is 123 cm³/mol. The van der Waals surface area contributed by atoms with Crippen molar-refractivity contribution in [3.05, 3.63) is 53.6 Å². The lowest BCUT2D eigenvalue weighted by Gasteiger charge is -2.14. The van der Waals surface area contributed by atoms with Crippen molar-refractivity contribution < 1.29 is 22.7 Å². The molecule has 7 nitrogen and oxygen atoms in total. The lowest BCUT2D eigenvalue weighted by Crippen LogP contribution is -2.22. The number of hydrogen-bond donors (Lipinski definition) is 1. The molecule has 0 saturated carbocycles. The Bertz CT molecular complexity index is 1050. The van der Waals surface area contributed by atoms with Gasteiger partial charge >= 0.3 is 0 Å². The number of carbonyl (C=O) groups is 1. The van der Waals surface area contributed by atoms with Crippen LogP contribution in [-0.2, 0) is 14.8 Å². The first-order valence-corrected chi connectivity index (χ1v) is 11.5. The summed E-state index contributed by atoms with van der Waals surface area (Å²) in [5.74, 6) is 0.882. The number of unbranched alkanes of at least 4 members (excludes halogenated alkanes) is 1. The van der Waals surface area contributed by atoms with Gasteiger partial charge in [0.05, 0.1) is 18.6 Å². The van der Waals surface area contributed by atoms with Gasteiger partial charge in [-0.05, 0) is 54.8 Å². The number of carbonyl (C=O) groups excluding carboxylic acids is 1. The summed E-state index contributed by atoms with van der Waals surface area (Å²) in [5, 5.41) is 2.74. The van der Waals surface area contributed by atoms with E-state index in [2.05, 4.69) is 12.2 Å².